The molecule has 27 heavy (non-hydrogen) atoms. The molecular weight excluding hydrogens is 394 g/mol. The summed E-state index contributed by atoms with van der Waals surface area (Å²) in [6.07, 6.45) is 1.33. The van der Waals surface area contributed by atoms with Crippen LogP contribution in [0.25, 0.3) is 17.4 Å². The maximum absolute atomic E-state index is 11.5. The van der Waals surface area contributed by atoms with E-state index in [1.54, 1.807) is 19.1 Å². The molecule has 8 nitrogen and oxygen atoms in total. The molecule has 0 bridgehead atoms. The van der Waals surface area contributed by atoms with E-state index in [0.717, 1.165) is 11.8 Å². The smallest absolute Gasteiger partial charge is 0.342 e. The number of aromatic amines is 1. The number of rotatable bonds is 6. The van der Waals surface area contributed by atoms with Gasteiger partial charge in [-0.15, -0.1) is 5.10 Å². The zero-order valence-electron chi connectivity index (χ0n) is 13.8. The Hall–Kier alpha value is -3.04. The van der Waals surface area contributed by atoms with E-state index in [1.807, 2.05) is 0 Å². The summed E-state index contributed by atoms with van der Waals surface area (Å²) in [7, 11) is 0. The third-order valence-corrected chi connectivity index (χ3v) is 4.57. The molecule has 0 spiro atoms. The first-order valence-corrected chi connectivity index (χ1v) is 8.68. The standard InChI is InChI=1S/C17H12ClN3O5S/c1-8-19-17(21-20-8)27-14(16(24)25)7-10-3-5-13(26-10)11-6-9(15(22)23)2-4-12(11)18/h2-7H,1H3,(H,22,23)(H,24,25)(H,19,20,21). The van der Waals surface area contributed by atoms with Crippen molar-refractivity contribution in [3.05, 3.63) is 57.4 Å². The first kappa shape index (κ1) is 18.7. The molecule has 3 rings (SSSR count). The summed E-state index contributed by atoms with van der Waals surface area (Å²) in [6, 6.07) is 7.38. The lowest BCUT2D eigenvalue weighted by molar-refractivity contribution is -0.131. The molecule has 2 aromatic heterocycles. The fourth-order valence-corrected chi connectivity index (χ4v) is 3.10. The molecule has 0 fully saturated rings. The second-order valence-electron chi connectivity index (χ2n) is 5.32. The Labute approximate surface area is 161 Å². The van der Waals surface area contributed by atoms with Crippen LogP contribution in [0.1, 0.15) is 21.9 Å². The van der Waals surface area contributed by atoms with E-state index in [2.05, 4.69) is 15.2 Å². The van der Waals surface area contributed by atoms with Crippen molar-refractivity contribution in [1.82, 2.24) is 15.2 Å². The summed E-state index contributed by atoms with van der Waals surface area (Å²) in [5, 5.41) is 25.6. The van der Waals surface area contributed by atoms with Gasteiger partial charge in [0.05, 0.1) is 10.6 Å². The lowest BCUT2D eigenvalue weighted by Crippen LogP contribution is -1.97. The van der Waals surface area contributed by atoms with Gasteiger partial charge in [0.15, 0.2) is 0 Å². The molecule has 1 aromatic carbocycles. The molecule has 2 heterocycles. The van der Waals surface area contributed by atoms with Crippen molar-refractivity contribution >= 4 is 41.4 Å². The average molecular weight is 406 g/mol. The van der Waals surface area contributed by atoms with Gasteiger partial charge >= 0.3 is 11.9 Å². The number of hydrogen-bond acceptors (Lipinski definition) is 6. The van der Waals surface area contributed by atoms with Gasteiger partial charge < -0.3 is 14.6 Å². The van der Waals surface area contributed by atoms with Crippen LogP contribution in [-0.2, 0) is 4.79 Å². The molecule has 138 valence electrons. The van der Waals surface area contributed by atoms with E-state index in [-0.39, 0.29) is 21.4 Å². The summed E-state index contributed by atoms with van der Waals surface area (Å²) in [5.74, 6) is -1.11. The first-order chi connectivity index (χ1) is 12.8. The largest absolute Gasteiger partial charge is 0.478 e. The molecule has 10 heteroatoms. The third kappa shape index (κ3) is 4.39. The fraction of sp³-hybridized carbons (Fsp3) is 0.0588. The van der Waals surface area contributed by atoms with Gasteiger partial charge in [0.25, 0.3) is 0 Å². The number of aryl methyl sites for hydroxylation is 1. The molecule has 3 N–H and O–H groups in total. The van der Waals surface area contributed by atoms with E-state index in [9.17, 15) is 14.7 Å². The SMILES string of the molecule is Cc1nc(SC(=Cc2ccc(-c3cc(C(=O)O)ccc3Cl)o2)C(=O)O)n[nH]1. The number of hydrogen-bond donors (Lipinski definition) is 3. The van der Waals surface area contributed by atoms with Crippen LogP contribution in [0.5, 0.6) is 0 Å². The highest BCUT2D eigenvalue weighted by Gasteiger charge is 2.16. The first-order valence-electron chi connectivity index (χ1n) is 7.48. The minimum absolute atomic E-state index is 0.0414. The van der Waals surface area contributed by atoms with Crippen LogP contribution >= 0.6 is 23.4 Å². The van der Waals surface area contributed by atoms with Gasteiger partial charge in [-0.3, -0.25) is 5.10 Å². The number of carboxylic acid groups (broad SMARTS) is 2. The van der Waals surface area contributed by atoms with Gasteiger partial charge in [-0.2, -0.15) is 0 Å². The molecule has 0 saturated heterocycles. The monoisotopic (exact) mass is 405 g/mol. The van der Waals surface area contributed by atoms with Crippen LogP contribution in [-0.4, -0.2) is 37.3 Å². The Kier molecular flexibility index (Phi) is 5.33. The molecule has 0 aliphatic carbocycles. The maximum Gasteiger partial charge on any atom is 0.342 e. The Morgan fingerprint density at radius 3 is 2.67 bits per heavy atom. The van der Waals surface area contributed by atoms with Gasteiger partial charge in [0.1, 0.15) is 22.3 Å². The van der Waals surface area contributed by atoms with Gasteiger partial charge in [0.2, 0.25) is 5.16 Å². The van der Waals surface area contributed by atoms with Crippen molar-refractivity contribution < 1.29 is 24.2 Å². The molecule has 0 unspecified atom stereocenters. The molecule has 0 aliphatic rings. The number of aliphatic carboxylic acids is 1. The van der Waals surface area contributed by atoms with Crippen molar-refractivity contribution in [3.8, 4) is 11.3 Å². The van der Waals surface area contributed by atoms with E-state index >= 15 is 0 Å². The quantitative estimate of drug-likeness (QED) is 0.415. The van der Waals surface area contributed by atoms with Gasteiger partial charge in [0, 0.05) is 11.6 Å². The van der Waals surface area contributed by atoms with Crippen LogP contribution in [0.4, 0.5) is 0 Å². The highest BCUT2D eigenvalue weighted by molar-refractivity contribution is 8.04. The highest BCUT2D eigenvalue weighted by Crippen LogP contribution is 2.32. The molecule has 0 radical (unpaired) electrons. The zero-order chi connectivity index (χ0) is 19.6. The third-order valence-electron chi connectivity index (χ3n) is 3.37. The van der Waals surface area contributed by atoms with Gasteiger partial charge in [-0.25, -0.2) is 14.6 Å². The summed E-state index contributed by atoms with van der Waals surface area (Å²) in [4.78, 5) is 26.6. The van der Waals surface area contributed by atoms with Gasteiger partial charge in [-0.05, 0) is 49.0 Å². The predicted molar refractivity (Wildman–Crippen MR) is 98.7 cm³/mol. The second kappa shape index (κ2) is 7.68. The molecule has 3 aromatic rings. The lowest BCUT2D eigenvalue weighted by atomic mass is 10.1. The molecule has 0 amide bonds. The lowest BCUT2D eigenvalue weighted by Gasteiger charge is -2.02. The summed E-state index contributed by atoms with van der Waals surface area (Å²) in [6.45, 7) is 1.70. The Morgan fingerprint density at radius 1 is 1.26 bits per heavy atom. The van der Waals surface area contributed by atoms with E-state index in [1.165, 1.54) is 24.3 Å². The summed E-state index contributed by atoms with van der Waals surface area (Å²) >= 11 is 7.00. The number of H-pyrrole nitrogens is 1. The molecular formula is C17H12ClN3O5S. The van der Waals surface area contributed by atoms with Crippen molar-refractivity contribution in [1.29, 1.82) is 0 Å². The fourth-order valence-electron chi connectivity index (χ4n) is 2.15. The number of nitrogens with one attached hydrogen (secondary N) is 1. The normalized spacial score (nSPS) is 11.6. The topological polar surface area (TPSA) is 129 Å². The number of thioether (sulfide) groups is 1. The summed E-state index contributed by atoms with van der Waals surface area (Å²) < 4.78 is 5.63. The van der Waals surface area contributed by atoms with E-state index < -0.39 is 11.9 Å². The van der Waals surface area contributed by atoms with Crippen LogP contribution < -0.4 is 0 Å². The number of aromatic carboxylic acids is 1. The average Bonchev–Trinajstić information content (AvgIpc) is 3.23. The molecule has 0 aliphatic heterocycles. The number of furan rings is 1. The Morgan fingerprint density at radius 2 is 2.04 bits per heavy atom. The van der Waals surface area contributed by atoms with Crippen LogP contribution in [0.2, 0.25) is 5.02 Å². The second-order valence-corrected chi connectivity index (χ2v) is 6.74. The van der Waals surface area contributed by atoms with Crippen LogP contribution in [0, 0.1) is 6.92 Å². The van der Waals surface area contributed by atoms with Crippen molar-refractivity contribution in [3.63, 3.8) is 0 Å². The number of aromatic nitrogens is 3. The van der Waals surface area contributed by atoms with Crippen molar-refractivity contribution in [2.24, 2.45) is 0 Å². The van der Waals surface area contributed by atoms with Crippen molar-refractivity contribution in [2.75, 3.05) is 0 Å². The van der Waals surface area contributed by atoms with E-state index in [4.69, 9.17) is 21.1 Å². The number of carboxylic acids is 2. The predicted octanol–water partition coefficient (Wildman–Crippen LogP) is 3.94. The Bertz CT molecular complexity index is 1060. The summed E-state index contributed by atoms with van der Waals surface area (Å²) in [5.41, 5.74) is 0.454. The number of carbonyl (C=O) groups is 2. The van der Waals surface area contributed by atoms with Crippen LogP contribution in [0.15, 0.2) is 44.8 Å². The zero-order valence-corrected chi connectivity index (χ0v) is 15.3. The maximum atomic E-state index is 11.5. The highest BCUT2D eigenvalue weighted by atomic mass is 35.5. The number of halogens is 1. The van der Waals surface area contributed by atoms with Crippen molar-refractivity contribution in [2.45, 2.75) is 12.1 Å². The Balaban J connectivity index is 1.92. The molecule has 0 saturated carbocycles. The number of nitrogens with zero attached hydrogens (tertiary/aromatic N) is 2. The van der Waals surface area contributed by atoms with Crippen LogP contribution in [0.3, 0.4) is 0 Å². The minimum Gasteiger partial charge on any atom is -0.478 e. The number of benzene rings is 1. The minimum atomic E-state index is -1.16. The van der Waals surface area contributed by atoms with E-state index in [0.29, 0.717) is 22.2 Å². The van der Waals surface area contributed by atoms with Gasteiger partial charge in [-0.1, -0.05) is 11.6 Å². The molecule has 0 atom stereocenters.